The molecular formula is C17H26N2O3S. The van der Waals surface area contributed by atoms with Crippen LogP contribution in [0.3, 0.4) is 0 Å². The summed E-state index contributed by atoms with van der Waals surface area (Å²) < 4.78 is 23.0. The van der Waals surface area contributed by atoms with Gasteiger partial charge in [0.15, 0.2) is 9.84 Å². The summed E-state index contributed by atoms with van der Waals surface area (Å²) in [6, 6.07) is 7.36. The van der Waals surface area contributed by atoms with Crippen LogP contribution in [0.1, 0.15) is 36.8 Å². The Morgan fingerprint density at radius 2 is 1.87 bits per heavy atom. The lowest BCUT2D eigenvalue weighted by Crippen LogP contribution is -2.29. The van der Waals surface area contributed by atoms with E-state index in [4.69, 9.17) is 0 Å². The van der Waals surface area contributed by atoms with Gasteiger partial charge in [-0.15, -0.1) is 0 Å². The molecule has 6 heteroatoms. The van der Waals surface area contributed by atoms with Gasteiger partial charge in [0.2, 0.25) is 5.91 Å². The average molecular weight is 338 g/mol. The summed E-state index contributed by atoms with van der Waals surface area (Å²) in [6.45, 7) is 2.48. The molecule has 0 unspecified atom stereocenters. The number of benzene rings is 1. The third-order valence-electron chi connectivity index (χ3n) is 4.25. The first-order valence-corrected chi connectivity index (χ1v) is 10.2. The fraction of sp³-hybridized carbons (Fsp3) is 0.588. The Hall–Kier alpha value is -1.40. The van der Waals surface area contributed by atoms with Crippen molar-refractivity contribution in [3.05, 3.63) is 35.4 Å². The van der Waals surface area contributed by atoms with Crippen LogP contribution in [0.25, 0.3) is 0 Å². The third-order valence-corrected chi connectivity index (χ3v) is 5.09. The molecule has 0 radical (unpaired) electrons. The van der Waals surface area contributed by atoms with Gasteiger partial charge in [-0.05, 0) is 49.4 Å². The predicted octanol–water partition coefficient (Wildman–Crippen LogP) is 1.63. The van der Waals surface area contributed by atoms with Crippen LogP contribution in [0.15, 0.2) is 24.3 Å². The lowest BCUT2D eigenvalue weighted by Gasteiger charge is -2.22. The van der Waals surface area contributed by atoms with Gasteiger partial charge in [-0.3, -0.25) is 4.79 Å². The summed E-state index contributed by atoms with van der Waals surface area (Å²) in [5.41, 5.74) is 1.63. The van der Waals surface area contributed by atoms with Crippen LogP contribution < -0.4 is 10.6 Å². The van der Waals surface area contributed by atoms with Crippen LogP contribution in [-0.2, 0) is 26.9 Å². The molecule has 128 valence electrons. The lowest BCUT2D eigenvalue weighted by atomic mass is 9.93. The fourth-order valence-corrected chi connectivity index (χ4v) is 3.79. The number of carbonyl (C=O) groups is 1. The first kappa shape index (κ1) is 17.9. The van der Waals surface area contributed by atoms with Crippen molar-refractivity contribution in [2.45, 2.75) is 38.0 Å². The zero-order chi connectivity index (χ0) is 16.7. The fourth-order valence-electron chi connectivity index (χ4n) is 2.94. The molecule has 1 fully saturated rings. The quantitative estimate of drug-likeness (QED) is 0.792. The van der Waals surface area contributed by atoms with Gasteiger partial charge in [0.05, 0.1) is 5.75 Å². The van der Waals surface area contributed by atoms with Crippen LogP contribution in [-0.4, -0.2) is 33.7 Å². The first-order chi connectivity index (χ1) is 10.9. The Balaban J connectivity index is 1.81. The third kappa shape index (κ3) is 6.71. The van der Waals surface area contributed by atoms with E-state index in [0.717, 1.165) is 43.5 Å². The zero-order valence-electron chi connectivity index (χ0n) is 13.7. The molecule has 2 N–H and O–H groups in total. The summed E-state index contributed by atoms with van der Waals surface area (Å²) in [5.74, 6) is 0.686. The van der Waals surface area contributed by atoms with Gasteiger partial charge in [0.1, 0.15) is 0 Å². The van der Waals surface area contributed by atoms with Crippen molar-refractivity contribution in [2.75, 3.05) is 19.3 Å². The molecule has 1 aromatic carbocycles. The topological polar surface area (TPSA) is 75.3 Å². The van der Waals surface area contributed by atoms with E-state index in [2.05, 4.69) is 10.6 Å². The molecule has 0 bridgehead atoms. The summed E-state index contributed by atoms with van der Waals surface area (Å²) >= 11 is 0. The zero-order valence-corrected chi connectivity index (χ0v) is 14.5. The lowest BCUT2D eigenvalue weighted by molar-refractivity contribution is -0.121. The Kier molecular flexibility index (Phi) is 6.59. The maximum absolute atomic E-state index is 12.0. The number of hydrogen-bond acceptors (Lipinski definition) is 4. The molecular weight excluding hydrogens is 312 g/mol. The van der Waals surface area contributed by atoms with Gasteiger partial charge in [-0.1, -0.05) is 24.3 Å². The van der Waals surface area contributed by atoms with Crippen LogP contribution in [0.2, 0.25) is 0 Å². The maximum Gasteiger partial charge on any atom is 0.220 e. The largest absolute Gasteiger partial charge is 0.352 e. The van der Waals surface area contributed by atoms with Crippen molar-refractivity contribution in [1.82, 2.24) is 10.6 Å². The van der Waals surface area contributed by atoms with Gasteiger partial charge in [-0.25, -0.2) is 8.42 Å². The van der Waals surface area contributed by atoms with Crippen molar-refractivity contribution in [2.24, 2.45) is 5.92 Å². The van der Waals surface area contributed by atoms with Gasteiger partial charge in [0, 0.05) is 19.2 Å². The molecule has 0 aromatic heterocycles. The first-order valence-electron chi connectivity index (χ1n) is 8.16. The highest BCUT2D eigenvalue weighted by Gasteiger charge is 2.15. The second-order valence-electron chi connectivity index (χ2n) is 6.35. The van der Waals surface area contributed by atoms with Crippen molar-refractivity contribution < 1.29 is 13.2 Å². The summed E-state index contributed by atoms with van der Waals surface area (Å²) in [7, 11) is -3.08. The van der Waals surface area contributed by atoms with Gasteiger partial charge in [-0.2, -0.15) is 0 Å². The molecule has 0 saturated carbocycles. The van der Waals surface area contributed by atoms with E-state index in [-0.39, 0.29) is 11.7 Å². The monoisotopic (exact) mass is 338 g/mol. The Morgan fingerprint density at radius 1 is 1.22 bits per heavy atom. The van der Waals surface area contributed by atoms with E-state index in [9.17, 15) is 13.2 Å². The van der Waals surface area contributed by atoms with Gasteiger partial charge < -0.3 is 10.6 Å². The number of carbonyl (C=O) groups excluding carboxylic acids is 1. The second kappa shape index (κ2) is 8.45. The highest BCUT2D eigenvalue weighted by molar-refractivity contribution is 7.89. The Morgan fingerprint density at radius 3 is 2.52 bits per heavy atom. The molecule has 1 aliphatic rings. The minimum absolute atomic E-state index is 0.00805. The summed E-state index contributed by atoms with van der Waals surface area (Å²) in [4.78, 5) is 12.0. The van der Waals surface area contributed by atoms with Crippen molar-refractivity contribution in [1.29, 1.82) is 0 Å². The molecule has 0 atom stereocenters. The highest BCUT2D eigenvalue weighted by Crippen LogP contribution is 2.17. The highest BCUT2D eigenvalue weighted by atomic mass is 32.2. The normalized spacial score (nSPS) is 16.2. The van der Waals surface area contributed by atoms with E-state index in [1.807, 2.05) is 18.2 Å². The minimum Gasteiger partial charge on any atom is -0.352 e. The predicted molar refractivity (Wildman–Crippen MR) is 91.7 cm³/mol. The second-order valence-corrected chi connectivity index (χ2v) is 8.49. The van der Waals surface area contributed by atoms with Crippen LogP contribution in [0.4, 0.5) is 0 Å². The Bertz CT molecular complexity index is 622. The smallest absolute Gasteiger partial charge is 0.220 e. The van der Waals surface area contributed by atoms with Crippen molar-refractivity contribution in [3.8, 4) is 0 Å². The van der Waals surface area contributed by atoms with Crippen molar-refractivity contribution in [3.63, 3.8) is 0 Å². The molecule has 1 aliphatic heterocycles. The molecule has 23 heavy (non-hydrogen) atoms. The molecule has 1 saturated heterocycles. The van der Waals surface area contributed by atoms with Crippen molar-refractivity contribution >= 4 is 15.7 Å². The van der Waals surface area contributed by atoms with E-state index >= 15 is 0 Å². The number of amides is 1. The number of piperidine rings is 1. The number of rotatable bonds is 7. The van der Waals surface area contributed by atoms with E-state index < -0.39 is 9.84 Å². The van der Waals surface area contributed by atoms with Gasteiger partial charge in [0.25, 0.3) is 0 Å². The molecule has 1 heterocycles. The summed E-state index contributed by atoms with van der Waals surface area (Å²) in [6.07, 6.45) is 4.98. The van der Waals surface area contributed by atoms with E-state index in [0.29, 0.717) is 18.9 Å². The number of sulfone groups is 1. The number of nitrogens with one attached hydrogen (secondary N) is 2. The average Bonchev–Trinajstić information content (AvgIpc) is 2.51. The summed E-state index contributed by atoms with van der Waals surface area (Å²) in [5, 5.41) is 6.24. The number of hydrogen-bond donors (Lipinski definition) is 2. The molecule has 5 nitrogen and oxygen atoms in total. The molecule has 2 rings (SSSR count). The Labute approximate surface area is 138 Å². The maximum atomic E-state index is 12.0. The van der Waals surface area contributed by atoms with E-state index in [1.165, 1.54) is 6.26 Å². The van der Waals surface area contributed by atoms with Crippen LogP contribution in [0, 0.1) is 5.92 Å². The SMILES string of the molecule is CS(=O)(=O)Cc1ccccc1CNC(=O)CCC1CCNCC1. The van der Waals surface area contributed by atoms with Gasteiger partial charge >= 0.3 is 0 Å². The molecule has 1 amide bonds. The van der Waals surface area contributed by atoms with Crippen LogP contribution >= 0.6 is 0 Å². The standard InChI is InChI=1S/C17H26N2O3S/c1-23(21,22)13-16-5-3-2-4-15(16)12-19-17(20)7-6-14-8-10-18-11-9-14/h2-5,14,18H,6-13H2,1H3,(H,19,20). The minimum atomic E-state index is -3.08. The van der Waals surface area contributed by atoms with E-state index in [1.54, 1.807) is 6.07 Å². The molecule has 1 aromatic rings. The molecule has 0 spiro atoms. The van der Waals surface area contributed by atoms with Crippen LogP contribution in [0.5, 0.6) is 0 Å². The molecule has 0 aliphatic carbocycles.